The number of rotatable bonds is 6. The number of nitrogens with two attached hydrogens (primary N) is 1. The molecule has 7 rings (SSSR count). The molecule has 2 aromatic heterocycles. The van der Waals surface area contributed by atoms with Gasteiger partial charge in [0.15, 0.2) is 11.5 Å². The van der Waals surface area contributed by atoms with Gasteiger partial charge in [0.05, 0.1) is 52.5 Å². The molecule has 4 aliphatic rings. The number of carbonyl (C=O) groups excluding carboxylic acids is 1. The third-order valence-corrected chi connectivity index (χ3v) is 10.2. The zero-order valence-electron chi connectivity index (χ0n) is 27.2. The first-order valence-corrected chi connectivity index (χ1v) is 16.6. The third-order valence-electron chi connectivity index (χ3n) is 9.89. The Labute approximate surface area is 285 Å². The SMILES string of the molecule is C=C1CN2CCC[C@]2(COc2nc3c(c(N4CCCn5nc(C(=O)N(C)C)cc5C4)n2)CO[C@H](c2c(F)c(N)cc(Cl)c2C(F)(F)F)C3)C1. The molecular formula is C33H37ClF4N8O3. The number of aryl methyl sites for hydroxylation is 1. The van der Waals surface area contributed by atoms with E-state index < -0.39 is 39.9 Å². The van der Waals surface area contributed by atoms with Gasteiger partial charge in [-0.25, -0.2) is 4.39 Å². The highest BCUT2D eigenvalue weighted by Gasteiger charge is 2.47. The summed E-state index contributed by atoms with van der Waals surface area (Å²) in [5.74, 6) is -0.960. The van der Waals surface area contributed by atoms with Crippen molar-refractivity contribution in [3.8, 4) is 6.01 Å². The highest BCUT2D eigenvalue weighted by Crippen LogP contribution is 2.46. The van der Waals surface area contributed by atoms with Crippen molar-refractivity contribution in [2.45, 2.75) is 69.6 Å². The maximum Gasteiger partial charge on any atom is 0.418 e. The fourth-order valence-corrected chi connectivity index (χ4v) is 7.95. The number of benzene rings is 1. The van der Waals surface area contributed by atoms with Crippen LogP contribution in [0.5, 0.6) is 6.01 Å². The van der Waals surface area contributed by atoms with E-state index in [1.807, 2.05) is 4.90 Å². The summed E-state index contributed by atoms with van der Waals surface area (Å²) >= 11 is 6.00. The van der Waals surface area contributed by atoms with Crippen molar-refractivity contribution < 1.29 is 31.8 Å². The summed E-state index contributed by atoms with van der Waals surface area (Å²) in [7, 11) is 3.32. The van der Waals surface area contributed by atoms with Gasteiger partial charge in [-0.3, -0.25) is 14.4 Å². The molecule has 1 amide bonds. The number of aromatic nitrogens is 4. The average molecular weight is 705 g/mol. The highest BCUT2D eigenvalue weighted by atomic mass is 35.5. The minimum absolute atomic E-state index is 0.0662. The van der Waals surface area contributed by atoms with E-state index >= 15 is 4.39 Å². The van der Waals surface area contributed by atoms with Crippen molar-refractivity contribution in [3.63, 3.8) is 0 Å². The molecule has 4 aliphatic heterocycles. The van der Waals surface area contributed by atoms with Gasteiger partial charge >= 0.3 is 12.2 Å². The summed E-state index contributed by atoms with van der Waals surface area (Å²) in [6.07, 6.45) is -3.13. The van der Waals surface area contributed by atoms with Crippen molar-refractivity contribution in [3.05, 3.63) is 68.9 Å². The van der Waals surface area contributed by atoms with Crippen LogP contribution in [-0.4, -0.2) is 81.3 Å². The normalized spacial score (nSPS) is 22.5. The first-order valence-electron chi connectivity index (χ1n) is 16.2. The Hall–Kier alpha value is -3.95. The standard InChI is InChI=1S/C33H37ClF4N8O3/c1-18-13-32(6-4-8-45(32)14-18)17-49-31-40-23-12-25(26-27(33(36,37)38)21(34)11-22(39)28(26)35)48-16-20(23)29(41-31)44-7-5-9-46-19(15-44)10-24(42-46)30(47)43(2)3/h10-11,25H,1,4-9,12-17,39H2,2-3H3/t25-,32+/m0/s1. The van der Waals surface area contributed by atoms with Gasteiger partial charge in [0.2, 0.25) is 0 Å². The van der Waals surface area contributed by atoms with Gasteiger partial charge in [0.25, 0.3) is 5.91 Å². The van der Waals surface area contributed by atoms with Gasteiger partial charge < -0.3 is 25.0 Å². The Balaban J connectivity index is 1.27. The molecule has 2 atom stereocenters. The second-order valence-electron chi connectivity index (χ2n) is 13.5. The highest BCUT2D eigenvalue weighted by molar-refractivity contribution is 6.31. The van der Waals surface area contributed by atoms with Gasteiger partial charge in [0, 0.05) is 51.3 Å². The van der Waals surface area contributed by atoms with Gasteiger partial charge in [-0.15, -0.1) is 0 Å². The van der Waals surface area contributed by atoms with E-state index in [-0.39, 0.29) is 30.5 Å². The topological polar surface area (TPSA) is 115 Å². The van der Waals surface area contributed by atoms with E-state index in [0.717, 1.165) is 49.7 Å². The summed E-state index contributed by atoms with van der Waals surface area (Å²) in [6.45, 7) is 7.51. The largest absolute Gasteiger partial charge is 0.461 e. The Kier molecular flexibility index (Phi) is 8.51. The number of ether oxygens (including phenoxy) is 2. The van der Waals surface area contributed by atoms with Gasteiger partial charge in [0.1, 0.15) is 12.4 Å². The number of halogens is 5. The molecular weight excluding hydrogens is 668 g/mol. The number of carbonyl (C=O) groups is 1. The van der Waals surface area contributed by atoms with Gasteiger partial charge in [-0.2, -0.15) is 28.2 Å². The van der Waals surface area contributed by atoms with E-state index in [1.54, 1.807) is 24.8 Å². The molecule has 262 valence electrons. The average Bonchev–Trinajstić information content (AvgIpc) is 3.66. The van der Waals surface area contributed by atoms with Crippen LogP contribution in [0, 0.1) is 5.82 Å². The Morgan fingerprint density at radius 3 is 2.76 bits per heavy atom. The third kappa shape index (κ3) is 6.09. The van der Waals surface area contributed by atoms with Crippen LogP contribution in [-0.2, 0) is 37.0 Å². The zero-order chi connectivity index (χ0) is 34.8. The number of fused-ring (bicyclic) bond motifs is 3. The Morgan fingerprint density at radius 2 is 2.00 bits per heavy atom. The number of nitrogen functional groups attached to an aromatic ring is 1. The van der Waals surface area contributed by atoms with Crippen LogP contribution in [0.1, 0.15) is 70.4 Å². The molecule has 0 unspecified atom stereocenters. The lowest BCUT2D eigenvalue weighted by atomic mass is 9.93. The lowest BCUT2D eigenvalue weighted by Gasteiger charge is -2.33. The molecule has 2 saturated heterocycles. The van der Waals surface area contributed by atoms with E-state index in [1.165, 1.54) is 4.90 Å². The molecule has 0 radical (unpaired) electrons. The minimum atomic E-state index is -4.96. The van der Waals surface area contributed by atoms with E-state index in [4.69, 9.17) is 36.8 Å². The maximum absolute atomic E-state index is 15.4. The second kappa shape index (κ2) is 12.4. The lowest BCUT2D eigenvalue weighted by molar-refractivity contribution is -0.140. The quantitative estimate of drug-likeness (QED) is 0.211. The first kappa shape index (κ1) is 33.5. The smallest absolute Gasteiger partial charge is 0.418 e. The number of hydrogen-bond donors (Lipinski definition) is 1. The molecule has 0 bridgehead atoms. The molecule has 2 N–H and O–H groups in total. The molecule has 49 heavy (non-hydrogen) atoms. The van der Waals surface area contributed by atoms with Crippen LogP contribution in [0.15, 0.2) is 24.3 Å². The Morgan fingerprint density at radius 1 is 1.20 bits per heavy atom. The summed E-state index contributed by atoms with van der Waals surface area (Å²) < 4.78 is 72.3. The van der Waals surface area contributed by atoms with Crippen LogP contribution in [0.4, 0.5) is 29.1 Å². The van der Waals surface area contributed by atoms with Crippen molar-refractivity contribution in [1.29, 1.82) is 0 Å². The zero-order valence-corrected chi connectivity index (χ0v) is 28.0. The van der Waals surface area contributed by atoms with Crippen LogP contribution in [0.25, 0.3) is 0 Å². The second-order valence-corrected chi connectivity index (χ2v) is 13.9. The fourth-order valence-electron chi connectivity index (χ4n) is 7.62. The lowest BCUT2D eigenvalue weighted by Crippen LogP contribution is -2.43. The predicted molar refractivity (Wildman–Crippen MR) is 173 cm³/mol. The number of hydrogen-bond acceptors (Lipinski definition) is 9. The monoisotopic (exact) mass is 704 g/mol. The van der Waals surface area contributed by atoms with E-state index in [9.17, 15) is 18.0 Å². The number of anilines is 2. The molecule has 16 heteroatoms. The van der Waals surface area contributed by atoms with Crippen molar-refractivity contribution in [2.75, 3.05) is 51.0 Å². The number of amides is 1. The number of nitrogens with zero attached hydrogens (tertiary/aromatic N) is 7. The van der Waals surface area contributed by atoms with E-state index in [0.29, 0.717) is 55.4 Å². The summed E-state index contributed by atoms with van der Waals surface area (Å²) in [4.78, 5) is 28.1. The summed E-state index contributed by atoms with van der Waals surface area (Å²) in [6, 6.07) is 2.58. The fraction of sp³-hybridized carbons (Fsp3) is 0.515. The minimum Gasteiger partial charge on any atom is -0.461 e. The molecule has 6 heterocycles. The first-order chi connectivity index (χ1) is 23.2. The van der Waals surface area contributed by atoms with Crippen molar-refractivity contribution in [1.82, 2.24) is 29.5 Å². The molecule has 0 saturated carbocycles. The van der Waals surface area contributed by atoms with Gasteiger partial charge in [-0.1, -0.05) is 23.8 Å². The summed E-state index contributed by atoms with van der Waals surface area (Å²) in [5, 5.41) is 3.81. The van der Waals surface area contributed by atoms with Crippen LogP contribution >= 0.6 is 11.6 Å². The molecule has 2 fully saturated rings. The Bertz CT molecular complexity index is 1830. The van der Waals surface area contributed by atoms with Crippen molar-refractivity contribution in [2.24, 2.45) is 0 Å². The predicted octanol–water partition coefficient (Wildman–Crippen LogP) is 5.17. The number of alkyl halides is 3. The van der Waals surface area contributed by atoms with Crippen LogP contribution in [0.2, 0.25) is 5.02 Å². The van der Waals surface area contributed by atoms with Crippen LogP contribution < -0.4 is 15.4 Å². The maximum atomic E-state index is 15.4. The van der Waals surface area contributed by atoms with Crippen LogP contribution in [0.3, 0.4) is 0 Å². The molecule has 0 aliphatic carbocycles. The molecule has 0 spiro atoms. The van der Waals surface area contributed by atoms with Crippen molar-refractivity contribution >= 4 is 29.0 Å². The van der Waals surface area contributed by atoms with E-state index in [2.05, 4.69) is 16.6 Å². The molecule has 3 aromatic rings. The molecule has 1 aromatic carbocycles. The summed E-state index contributed by atoms with van der Waals surface area (Å²) in [5.41, 5.74) is 6.10. The molecule has 11 nitrogen and oxygen atoms in total. The van der Waals surface area contributed by atoms with Gasteiger partial charge in [-0.05, 0) is 44.4 Å².